The summed E-state index contributed by atoms with van der Waals surface area (Å²) < 4.78 is 59.8. The van der Waals surface area contributed by atoms with Crippen molar-refractivity contribution in [3.8, 4) is 0 Å². The van der Waals surface area contributed by atoms with E-state index in [1.807, 2.05) is 0 Å². The Bertz CT molecular complexity index is 921. The third kappa shape index (κ3) is 3.68. The van der Waals surface area contributed by atoms with Gasteiger partial charge in [-0.3, -0.25) is 4.98 Å². The number of halogens is 5. The van der Waals surface area contributed by atoms with Gasteiger partial charge in [-0.2, -0.15) is 13.9 Å². The molecule has 0 bridgehead atoms. The summed E-state index contributed by atoms with van der Waals surface area (Å²) in [6.45, 7) is -0.821. The molecule has 0 aliphatic heterocycles. The molecule has 3 aromatic rings. The number of rotatable bonds is 6. The van der Waals surface area contributed by atoms with Crippen molar-refractivity contribution < 1.29 is 22.7 Å². The number of hydrogen-bond donors (Lipinski definition) is 1. The molecular formula is C17H13F4IN4O. The molecule has 0 amide bonds. The number of aromatic nitrogens is 4. The van der Waals surface area contributed by atoms with Gasteiger partial charge in [0.1, 0.15) is 30.0 Å². The molecule has 1 atom stereocenters. The van der Waals surface area contributed by atoms with Crippen LogP contribution in [0.2, 0.25) is 0 Å². The number of aliphatic hydroxyl groups is 1. The normalized spacial score (nSPS) is 14.1. The zero-order valence-corrected chi connectivity index (χ0v) is 15.8. The molecule has 0 aliphatic rings. The molecule has 0 saturated carbocycles. The first-order chi connectivity index (χ1) is 12.8. The minimum absolute atomic E-state index is 0.435. The van der Waals surface area contributed by atoms with Crippen molar-refractivity contribution in [1.29, 1.82) is 0 Å². The molecule has 3 rings (SSSR count). The Balaban J connectivity index is 2.15. The summed E-state index contributed by atoms with van der Waals surface area (Å²) in [5.41, 5.74) is -3.90. The van der Waals surface area contributed by atoms with E-state index in [0.717, 1.165) is 35.5 Å². The average Bonchev–Trinajstić information content (AvgIpc) is 3.14. The molecule has 0 fully saturated rings. The second-order valence-corrected chi connectivity index (χ2v) is 6.60. The fourth-order valence-electron chi connectivity index (χ4n) is 2.63. The zero-order chi connectivity index (χ0) is 19.7. The van der Waals surface area contributed by atoms with Crippen LogP contribution in [0.3, 0.4) is 0 Å². The molecule has 10 heteroatoms. The highest BCUT2D eigenvalue weighted by Gasteiger charge is 2.57. The summed E-state index contributed by atoms with van der Waals surface area (Å²) in [6.07, 6.45) is 3.45. The summed E-state index contributed by atoms with van der Waals surface area (Å²) in [5, 5.41) is 14.7. The van der Waals surface area contributed by atoms with Gasteiger partial charge in [0, 0.05) is 22.3 Å². The summed E-state index contributed by atoms with van der Waals surface area (Å²) in [5.74, 6) is -6.27. The van der Waals surface area contributed by atoms with E-state index in [-0.39, 0.29) is 0 Å². The highest BCUT2D eigenvalue weighted by molar-refractivity contribution is 14.1. The van der Waals surface area contributed by atoms with Crippen molar-refractivity contribution >= 4 is 22.6 Å². The maximum absolute atomic E-state index is 15.4. The van der Waals surface area contributed by atoms with Gasteiger partial charge in [0.2, 0.25) is 0 Å². The SMILES string of the molecule is OC(Cn1cncn1)(c1ccc(F)cc1F)C(F)(F)c1ccc(CI)cn1. The van der Waals surface area contributed by atoms with Crippen LogP contribution in [0.25, 0.3) is 0 Å². The lowest BCUT2D eigenvalue weighted by atomic mass is 9.84. The quantitative estimate of drug-likeness (QED) is 0.325. The lowest BCUT2D eigenvalue weighted by Crippen LogP contribution is -2.48. The lowest BCUT2D eigenvalue weighted by Gasteiger charge is -2.36. The van der Waals surface area contributed by atoms with E-state index in [4.69, 9.17) is 0 Å². The Hall–Kier alpha value is -2.08. The van der Waals surface area contributed by atoms with Crippen LogP contribution in [-0.4, -0.2) is 24.9 Å². The molecule has 1 aromatic carbocycles. The molecule has 0 aliphatic carbocycles. The van der Waals surface area contributed by atoms with E-state index in [9.17, 15) is 13.9 Å². The predicted molar refractivity (Wildman–Crippen MR) is 96.1 cm³/mol. The Kier molecular flexibility index (Phi) is 5.47. The number of hydrogen-bond acceptors (Lipinski definition) is 4. The van der Waals surface area contributed by atoms with Crippen LogP contribution in [0.1, 0.15) is 16.8 Å². The van der Waals surface area contributed by atoms with Crippen molar-refractivity contribution in [3.63, 3.8) is 0 Å². The highest BCUT2D eigenvalue weighted by Crippen LogP contribution is 2.46. The van der Waals surface area contributed by atoms with Crippen LogP contribution in [-0.2, 0) is 22.5 Å². The second-order valence-electron chi connectivity index (χ2n) is 5.84. The smallest absolute Gasteiger partial charge is 0.323 e. The minimum Gasteiger partial charge on any atom is -0.377 e. The van der Waals surface area contributed by atoms with Gasteiger partial charge in [0.25, 0.3) is 0 Å². The van der Waals surface area contributed by atoms with Crippen molar-refractivity contribution in [2.45, 2.75) is 22.5 Å². The standard InChI is InChI=1S/C17H13F4IN4O/c18-12-2-3-13(14(19)5-12)16(27,8-26-10-23-9-25-26)17(20,21)15-4-1-11(6-22)7-24-15/h1-5,7,9-10,27H,6,8H2. The summed E-state index contributed by atoms with van der Waals surface area (Å²) in [4.78, 5) is 7.37. The number of nitrogens with zero attached hydrogens (tertiary/aromatic N) is 4. The number of benzene rings is 1. The number of alkyl halides is 3. The molecule has 5 nitrogen and oxygen atoms in total. The third-order valence-electron chi connectivity index (χ3n) is 4.05. The number of pyridine rings is 1. The van der Waals surface area contributed by atoms with Crippen molar-refractivity contribution in [3.05, 3.63) is 77.6 Å². The van der Waals surface area contributed by atoms with Crippen LogP contribution in [0.4, 0.5) is 17.6 Å². The Morgan fingerprint density at radius 1 is 1.15 bits per heavy atom. The summed E-state index contributed by atoms with van der Waals surface area (Å²) >= 11 is 2.05. The van der Waals surface area contributed by atoms with Gasteiger partial charge in [-0.15, -0.1) is 0 Å². The lowest BCUT2D eigenvalue weighted by molar-refractivity contribution is -0.207. The average molecular weight is 492 g/mol. The van der Waals surface area contributed by atoms with Gasteiger partial charge in [-0.1, -0.05) is 28.7 Å². The van der Waals surface area contributed by atoms with E-state index < -0.39 is 41.0 Å². The van der Waals surface area contributed by atoms with Crippen LogP contribution in [0.15, 0.2) is 49.2 Å². The molecule has 2 heterocycles. The maximum Gasteiger partial charge on any atom is 0.323 e. The van der Waals surface area contributed by atoms with Gasteiger partial charge in [0.05, 0.1) is 6.54 Å². The summed E-state index contributed by atoms with van der Waals surface area (Å²) in [6, 6.07) is 4.54. The minimum atomic E-state index is -4.01. The van der Waals surface area contributed by atoms with Gasteiger partial charge in [0.15, 0.2) is 5.60 Å². The summed E-state index contributed by atoms with van der Waals surface area (Å²) in [7, 11) is 0. The van der Waals surface area contributed by atoms with Crippen LogP contribution in [0, 0.1) is 11.6 Å². The molecular weight excluding hydrogens is 479 g/mol. The van der Waals surface area contributed by atoms with Crippen molar-refractivity contribution in [2.24, 2.45) is 0 Å². The Labute approximate surface area is 165 Å². The molecule has 142 valence electrons. The topological polar surface area (TPSA) is 63.8 Å². The fourth-order valence-corrected chi connectivity index (χ4v) is 3.08. The first-order valence-corrected chi connectivity index (χ1v) is 9.20. The van der Waals surface area contributed by atoms with E-state index in [1.165, 1.54) is 12.3 Å². The molecule has 2 aromatic heterocycles. The Morgan fingerprint density at radius 2 is 1.93 bits per heavy atom. The van der Waals surface area contributed by atoms with Gasteiger partial charge in [-0.05, 0) is 23.8 Å². The van der Waals surface area contributed by atoms with Gasteiger partial charge >= 0.3 is 5.92 Å². The highest BCUT2D eigenvalue weighted by atomic mass is 127. The molecule has 1 N–H and O–H groups in total. The van der Waals surface area contributed by atoms with Crippen molar-refractivity contribution in [2.75, 3.05) is 0 Å². The van der Waals surface area contributed by atoms with Crippen LogP contribution in [0.5, 0.6) is 0 Å². The van der Waals surface area contributed by atoms with Gasteiger partial charge < -0.3 is 5.11 Å². The molecule has 0 saturated heterocycles. The Morgan fingerprint density at radius 3 is 2.48 bits per heavy atom. The van der Waals surface area contributed by atoms with E-state index in [1.54, 1.807) is 0 Å². The second kappa shape index (κ2) is 7.50. The zero-order valence-electron chi connectivity index (χ0n) is 13.7. The first kappa shape index (κ1) is 19.7. The molecule has 0 spiro atoms. The van der Waals surface area contributed by atoms with E-state index >= 15 is 8.78 Å². The molecule has 27 heavy (non-hydrogen) atoms. The third-order valence-corrected chi connectivity index (χ3v) is 4.94. The van der Waals surface area contributed by atoms with E-state index in [0.29, 0.717) is 16.1 Å². The maximum atomic E-state index is 15.4. The first-order valence-electron chi connectivity index (χ1n) is 7.67. The van der Waals surface area contributed by atoms with Crippen LogP contribution >= 0.6 is 22.6 Å². The molecule has 0 radical (unpaired) electrons. The predicted octanol–water partition coefficient (Wildman–Crippen LogP) is 3.57. The van der Waals surface area contributed by atoms with Crippen molar-refractivity contribution in [1.82, 2.24) is 19.7 Å². The molecule has 1 unspecified atom stereocenters. The van der Waals surface area contributed by atoms with Crippen LogP contribution < -0.4 is 0 Å². The largest absolute Gasteiger partial charge is 0.377 e. The monoisotopic (exact) mass is 492 g/mol. The van der Waals surface area contributed by atoms with E-state index in [2.05, 4.69) is 37.7 Å². The fraction of sp³-hybridized carbons (Fsp3) is 0.235. The van der Waals surface area contributed by atoms with Gasteiger partial charge in [-0.25, -0.2) is 18.4 Å².